The van der Waals surface area contributed by atoms with Gasteiger partial charge in [0.1, 0.15) is 16.9 Å². The third-order valence-electron chi connectivity index (χ3n) is 4.66. The SMILES string of the molecule is CC(C)(C)OC(=O)N1CCC2(CC1)OC(=O)c1cc(C(C)(C)O)ccc1O2. The Morgan fingerprint density at radius 2 is 1.78 bits per heavy atom. The van der Waals surface area contributed by atoms with E-state index in [1.165, 1.54) is 0 Å². The van der Waals surface area contributed by atoms with Crippen molar-refractivity contribution in [2.45, 2.75) is 64.4 Å². The van der Waals surface area contributed by atoms with E-state index in [2.05, 4.69) is 0 Å². The summed E-state index contributed by atoms with van der Waals surface area (Å²) >= 11 is 0. The summed E-state index contributed by atoms with van der Waals surface area (Å²) in [7, 11) is 0. The summed E-state index contributed by atoms with van der Waals surface area (Å²) in [5.41, 5.74) is -0.715. The molecular formula is C20H27NO6. The number of benzene rings is 1. The van der Waals surface area contributed by atoms with E-state index in [0.717, 1.165) is 0 Å². The molecule has 1 amide bonds. The molecule has 2 aliphatic heterocycles. The van der Waals surface area contributed by atoms with Gasteiger partial charge in [-0.2, -0.15) is 0 Å². The number of esters is 1. The van der Waals surface area contributed by atoms with Gasteiger partial charge in [-0.05, 0) is 52.3 Å². The summed E-state index contributed by atoms with van der Waals surface area (Å²) in [6.07, 6.45) is 0.352. The minimum Gasteiger partial charge on any atom is -0.451 e. The van der Waals surface area contributed by atoms with Crippen LogP contribution in [0.1, 0.15) is 63.4 Å². The second kappa shape index (κ2) is 6.41. The van der Waals surface area contributed by atoms with Gasteiger partial charge in [0.2, 0.25) is 0 Å². The second-order valence-corrected chi connectivity index (χ2v) is 8.64. The first-order valence-electron chi connectivity index (χ1n) is 9.16. The predicted octanol–water partition coefficient (Wildman–Crippen LogP) is 3.19. The summed E-state index contributed by atoms with van der Waals surface area (Å²) in [5, 5.41) is 10.1. The molecule has 0 radical (unpaired) electrons. The molecule has 0 aliphatic carbocycles. The zero-order chi connectivity index (χ0) is 20.0. The summed E-state index contributed by atoms with van der Waals surface area (Å²) in [6.45, 7) is 9.51. The number of amides is 1. The van der Waals surface area contributed by atoms with Crippen LogP contribution in [0.3, 0.4) is 0 Å². The van der Waals surface area contributed by atoms with Crippen molar-refractivity contribution in [2.24, 2.45) is 0 Å². The number of rotatable bonds is 1. The fourth-order valence-electron chi connectivity index (χ4n) is 3.16. The Balaban J connectivity index is 1.72. The first-order chi connectivity index (χ1) is 12.4. The molecule has 27 heavy (non-hydrogen) atoms. The van der Waals surface area contributed by atoms with Gasteiger partial charge in [0.15, 0.2) is 0 Å². The Bertz CT molecular complexity index is 751. The molecular weight excluding hydrogens is 350 g/mol. The van der Waals surface area contributed by atoms with Gasteiger partial charge in [-0.25, -0.2) is 9.59 Å². The highest BCUT2D eigenvalue weighted by molar-refractivity contribution is 5.94. The van der Waals surface area contributed by atoms with Gasteiger partial charge in [0.05, 0.1) is 5.60 Å². The van der Waals surface area contributed by atoms with Crippen LogP contribution in [0.25, 0.3) is 0 Å². The number of hydrogen-bond acceptors (Lipinski definition) is 6. The maximum atomic E-state index is 12.6. The fourth-order valence-corrected chi connectivity index (χ4v) is 3.16. The number of aliphatic hydroxyl groups is 1. The molecule has 2 aliphatic rings. The van der Waals surface area contributed by atoms with Gasteiger partial charge in [0.25, 0.3) is 5.79 Å². The molecule has 7 heteroatoms. The van der Waals surface area contributed by atoms with E-state index in [4.69, 9.17) is 14.2 Å². The van der Waals surface area contributed by atoms with Crippen LogP contribution in [0.2, 0.25) is 0 Å². The Morgan fingerprint density at radius 1 is 1.15 bits per heavy atom. The number of carbonyl (C=O) groups excluding carboxylic acids is 2. The van der Waals surface area contributed by atoms with Crippen molar-refractivity contribution in [1.82, 2.24) is 4.90 Å². The van der Waals surface area contributed by atoms with Crippen molar-refractivity contribution in [3.63, 3.8) is 0 Å². The zero-order valence-electron chi connectivity index (χ0n) is 16.5. The average Bonchev–Trinajstić information content (AvgIpc) is 2.52. The molecule has 1 aromatic carbocycles. The van der Waals surface area contributed by atoms with E-state index in [9.17, 15) is 14.7 Å². The lowest BCUT2D eigenvalue weighted by atomic mass is 9.95. The molecule has 1 aromatic rings. The van der Waals surface area contributed by atoms with E-state index in [-0.39, 0.29) is 6.09 Å². The van der Waals surface area contributed by atoms with Crippen LogP contribution in [0.4, 0.5) is 4.79 Å². The molecule has 0 bridgehead atoms. The van der Waals surface area contributed by atoms with Crippen molar-refractivity contribution in [1.29, 1.82) is 0 Å². The van der Waals surface area contributed by atoms with Gasteiger partial charge in [-0.1, -0.05) is 6.07 Å². The molecule has 1 N–H and O–H groups in total. The van der Waals surface area contributed by atoms with Crippen molar-refractivity contribution in [3.8, 4) is 5.75 Å². The van der Waals surface area contributed by atoms with Crippen molar-refractivity contribution < 1.29 is 28.9 Å². The molecule has 0 unspecified atom stereocenters. The molecule has 1 spiro atoms. The average molecular weight is 377 g/mol. The lowest BCUT2D eigenvalue weighted by Gasteiger charge is -2.43. The Morgan fingerprint density at radius 3 is 2.33 bits per heavy atom. The maximum absolute atomic E-state index is 12.6. The lowest BCUT2D eigenvalue weighted by molar-refractivity contribution is -0.178. The second-order valence-electron chi connectivity index (χ2n) is 8.64. The van der Waals surface area contributed by atoms with Gasteiger partial charge in [-0.3, -0.25) is 0 Å². The summed E-state index contributed by atoms with van der Waals surface area (Å²) in [6, 6.07) is 5.02. The quantitative estimate of drug-likeness (QED) is 0.757. The van der Waals surface area contributed by atoms with Crippen LogP contribution in [0.15, 0.2) is 18.2 Å². The highest BCUT2D eigenvalue weighted by Gasteiger charge is 2.46. The Kier molecular flexibility index (Phi) is 4.62. The van der Waals surface area contributed by atoms with Crippen LogP contribution in [-0.2, 0) is 15.1 Å². The van der Waals surface area contributed by atoms with E-state index in [0.29, 0.717) is 42.8 Å². The normalized spacial score (nSPS) is 19.2. The number of nitrogens with zero attached hydrogens (tertiary/aromatic N) is 1. The molecule has 0 aromatic heterocycles. The van der Waals surface area contributed by atoms with Crippen molar-refractivity contribution in [3.05, 3.63) is 29.3 Å². The zero-order valence-corrected chi connectivity index (χ0v) is 16.5. The first kappa shape index (κ1) is 19.5. The molecule has 3 rings (SSSR count). The van der Waals surface area contributed by atoms with Gasteiger partial charge in [0, 0.05) is 25.9 Å². The van der Waals surface area contributed by atoms with Crippen LogP contribution < -0.4 is 4.74 Å². The fraction of sp³-hybridized carbons (Fsp3) is 0.600. The van der Waals surface area contributed by atoms with Crippen LogP contribution in [0, 0.1) is 0 Å². The van der Waals surface area contributed by atoms with Crippen molar-refractivity contribution >= 4 is 12.1 Å². The highest BCUT2D eigenvalue weighted by atomic mass is 16.7. The van der Waals surface area contributed by atoms with Crippen LogP contribution in [-0.4, -0.2) is 46.5 Å². The monoisotopic (exact) mass is 377 g/mol. The van der Waals surface area contributed by atoms with Gasteiger partial charge >= 0.3 is 12.1 Å². The summed E-state index contributed by atoms with van der Waals surface area (Å²) in [5.74, 6) is -1.11. The predicted molar refractivity (Wildman–Crippen MR) is 97.5 cm³/mol. The minimum absolute atomic E-state index is 0.301. The number of piperidine rings is 1. The Hall–Kier alpha value is -2.28. The van der Waals surface area contributed by atoms with Crippen molar-refractivity contribution in [2.75, 3.05) is 13.1 Å². The lowest BCUT2D eigenvalue weighted by Crippen LogP contribution is -2.54. The van der Waals surface area contributed by atoms with Gasteiger partial charge in [-0.15, -0.1) is 0 Å². The molecule has 148 valence electrons. The number of carbonyl (C=O) groups is 2. The third kappa shape index (κ3) is 4.18. The molecule has 1 saturated heterocycles. The molecule has 0 atom stereocenters. The Labute approximate surface area is 159 Å². The first-order valence-corrected chi connectivity index (χ1v) is 9.16. The van der Waals surface area contributed by atoms with Crippen LogP contribution in [0.5, 0.6) is 5.75 Å². The van der Waals surface area contributed by atoms with E-state index in [1.807, 2.05) is 20.8 Å². The number of hydrogen-bond donors (Lipinski definition) is 1. The minimum atomic E-state index is -1.07. The third-order valence-corrected chi connectivity index (χ3v) is 4.66. The standard InChI is InChI=1S/C20H27NO6/c1-18(2,3)27-17(23)21-10-8-20(9-11-21)25-15-7-6-13(19(4,5)24)12-14(15)16(22)26-20/h6-7,12,24H,8-11H2,1-5H3. The topological polar surface area (TPSA) is 85.3 Å². The largest absolute Gasteiger partial charge is 0.451 e. The smallest absolute Gasteiger partial charge is 0.410 e. The summed E-state index contributed by atoms with van der Waals surface area (Å²) in [4.78, 5) is 26.4. The van der Waals surface area contributed by atoms with Gasteiger partial charge < -0.3 is 24.2 Å². The molecule has 1 fully saturated rings. The highest BCUT2D eigenvalue weighted by Crippen LogP contribution is 2.39. The van der Waals surface area contributed by atoms with E-state index in [1.54, 1.807) is 36.9 Å². The van der Waals surface area contributed by atoms with E-state index < -0.39 is 23.0 Å². The number of likely N-dealkylation sites (tertiary alicyclic amines) is 1. The molecule has 2 heterocycles. The number of fused-ring (bicyclic) bond motifs is 1. The molecule has 7 nitrogen and oxygen atoms in total. The maximum Gasteiger partial charge on any atom is 0.410 e. The van der Waals surface area contributed by atoms with E-state index >= 15 is 0 Å². The molecule has 0 saturated carbocycles. The van der Waals surface area contributed by atoms with Crippen LogP contribution >= 0.6 is 0 Å². The number of ether oxygens (including phenoxy) is 3. The summed E-state index contributed by atoms with van der Waals surface area (Å²) < 4.78 is 17.0.